The Hall–Kier alpha value is -2.38. The van der Waals surface area contributed by atoms with Crippen molar-refractivity contribution in [2.75, 3.05) is 7.11 Å². The van der Waals surface area contributed by atoms with Gasteiger partial charge in [-0.3, -0.25) is 0 Å². The third kappa shape index (κ3) is 3.93. The van der Waals surface area contributed by atoms with Crippen molar-refractivity contribution in [3.8, 4) is 5.75 Å². The van der Waals surface area contributed by atoms with Crippen molar-refractivity contribution in [2.45, 2.75) is 25.3 Å². The molecule has 0 unspecified atom stereocenters. The predicted molar refractivity (Wildman–Crippen MR) is 89.9 cm³/mol. The fourth-order valence-electron chi connectivity index (χ4n) is 2.29. The van der Waals surface area contributed by atoms with Crippen molar-refractivity contribution in [1.29, 1.82) is 0 Å². The molecule has 0 radical (unpaired) electrons. The average Bonchev–Trinajstić information content (AvgIpc) is 2.55. The molecule has 0 amide bonds. The van der Waals surface area contributed by atoms with E-state index in [9.17, 15) is 13.2 Å². The molecule has 0 spiro atoms. The first-order valence-corrected chi connectivity index (χ1v) is 8.70. The molecule has 0 aliphatic rings. The molecule has 2 N–H and O–H groups in total. The number of sulfonamides is 1. The number of carboxylic acid groups (broad SMARTS) is 1. The van der Waals surface area contributed by atoms with Crippen molar-refractivity contribution in [3.63, 3.8) is 0 Å². The molecular weight excluding hydrogens is 330 g/mol. The molecule has 2 aromatic carbocycles. The zero-order chi connectivity index (χ0) is 17.9. The number of hydrogen-bond donors (Lipinski definition) is 2. The number of hydrogen-bond acceptors (Lipinski definition) is 4. The van der Waals surface area contributed by atoms with Gasteiger partial charge in [0.2, 0.25) is 10.0 Å². The third-order valence-corrected chi connectivity index (χ3v) is 5.13. The van der Waals surface area contributed by atoms with Crippen LogP contribution >= 0.6 is 0 Å². The number of benzene rings is 2. The van der Waals surface area contributed by atoms with Gasteiger partial charge in [-0.05, 0) is 60.9 Å². The molecule has 128 valence electrons. The molecule has 0 aliphatic carbocycles. The lowest BCUT2D eigenvalue weighted by molar-refractivity contribution is 0.0696. The van der Waals surface area contributed by atoms with Gasteiger partial charge >= 0.3 is 5.97 Å². The molecule has 0 fully saturated rings. The molecule has 2 rings (SSSR count). The zero-order valence-corrected chi connectivity index (χ0v) is 14.5. The molecule has 0 saturated heterocycles. The zero-order valence-electron chi connectivity index (χ0n) is 13.7. The van der Waals surface area contributed by atoms with Gasteiger partial charge in [0, 0.05) is 6.54 Å². The van der Waals surface area contributed by atoms with Gasteiger partial charge in [-0.2, -0.15) is 0 Å². The number of carboxylic acids is 1. The summed E-state index contributed by atoms with van der Waals surface area (Å²) in [6, 6.07) is 8.82. The van der Waals surface area contributed by atoms with Crippen LogP contribution in [0.4, 0.5) is 0 Å². The van der Waals surface area contributed by atoms with Crippen LogP contribution in [-0.2, 0) is 16.6 Å². The van der Waals surface area contributed by atoms with Gasteiger partial charge < -0.3 is 9.84 Å². The van der Waals surface area contributed by atoms with E-state index in [1.54, 1.807) is 7.11 Å². The summed E-state index contributed by atoms with van der Waals surface area (Å²) in [5.41, 5.74) is 2.72. The summed E-state index contributed by atoms with van der Waals surface area (Å²) in [4.78, 5) is 10.8. The second-order valence-corrected chi connectivity index (χ2v) is 7.17. The number of carbonyl (C=O) groups is 1. The minimum absolute atomic E-state index is 0.0235. The van der Waals surface area contributed by atoms with Gasteiger partial charge in [-0.1, -0.05) is 6.07 Å². The van der Waals surface area contributed by atoms with Crippen molar-refractivity contribution < 1.29 is 23.1 Å². The van der Waals surface area contributed by atoms with Crippen LogP contribution in [0.1, 0.15) is 27.0 Å². The van der Waals surface area contributed by atoms with Crippen LogP contribution in [0.5, 0.6) is 5.75 Å². The maximum absolute atomic E-state index is 12.3. The van der Waals surface area contributed by atoms with Crippen LogP contribution in [-0.4, -0.2) is 26.6 Å². The van der Waals surface area contributed by atoms with E-state index in [4.69, 9.17) is 9.84 Å². The van der Waals surface area contributed by atoms with Crippen LogP contribution in [0, 0.1) is 13.8 Å². The van der Waals surface area contributed by atoms with Crippen LogP contribution in [0.2, 0.25) is 0 Å². The summed E-state index contributed by atoms with van der Waals surface area (Å²) in [5.74, 6) is -0.348. The Morgan fingerprint density at radius 2 is 1.75 bits per heavy atom. The number of aryl methyl sites for hydroxylation is 2. The van der Waals surface area contributed by atoms with Gasteiger partial charge in [0.1, 0.15) is 5.75 Å². The first kappa shape index (κ1) is 18.0. The summed E-state index contributed by atoms with van der Waals surface area (Å²) in [6.45, 7) is 3.91. The summed E-state index contributed by atoms with van der Waals surface area (Å²) in [6.07, 6.45) is 0. The van der Waals surface area contributed by atoms with E-state index >= 15 is 0 Å². The Kier molecular flexibility index (Phi) is 5.26. The highest BCUT2D eigenvalue weighted by molar-refractivity contribution is 7.89. The van der Waals surface area contributed by atoms with Crippen molar-refractivity contribution in [2.24, 2.45) is 0 Å². The average molecular weight is 349 g/mol. The Morgan fingerprint density at radius 3 is 2.29 bits per heavy atom. The second-order valence-electron chi connectivity index (χ2n) is 5.40. The molecule has 0 bridgehead atoms. The smallest absolute Gasteiger partial charge is 0.335 e. The van der Waals surface area contributed by atoms with Crippen molar-refractivity contribution in [3.05, 3.63) is 58.7 Å². The SMILES string of the molecule is COc1cc(C)c(CNS(=O)(=O)c2ccc(C(=O)O)cc2)cc1C. The molecular formula is C17H19NO5S. The molecule has 7 heteroatoms. The highest BCUT2D eigenvalue weighted by atomic mass is 32.2. The number of ether oxygens (including phenoxy) is 1. The van der Waals surface area contributed by atoms with Gasteiger partial charge in [0.15, 0.2) is 0 Å². The Labute approximate surface area is 141 Å². The van der Waals surface area contributed by atoms with E-state index in [2.05, 4.69) is 4.72 Å². The van der Waals surface area contributed by atoms with Crippen LogP contribution in [0.3, 0.4) is 0 Å². The molecule has 0 saturated carbocycles. The molecule has 0 aromatic heterocycles. The van der Waals surface area contributed by atoms with Gasteiger partial charge in [0.25, 0.3) is 0 Å². The second kappa shape index (κ2) is 7.02. The fourth-order valence-corrected chi connectivity index (χ4v) is 3.30. The largest absolute Gasteiger partial charge is 0.496 e. The van der Waals surface area contributed by atoms with Gasteiger partial charge in [0.05, 0.1) is 17.6 Å². The van der Waals surface area contributed by atoms with E-state index < -0.39 is 16.0 Å². The van der Waals surface area contributed by atoms with E-state index in [-0.39, 0.29) is 17.0 Å². The van der Waals surface area contributed by atoms with Gasteiger partial charge in [-0.15, -0.1) is 0 Å². The maximum atomic E-state index is 12.3. The molecule has 0 aliphatic heterocycles. The summed E-state index contributed by atoms with van der Waals surface area (Å²) < 4.78 is 32.4. The Morgan fingerprint density at radius 1 is 1.12 bits per heavy atom. The lowest BCUT2D eigenvalue weighted by Crippen LogP contribution is -2.23. The lowest BCUT2D eigenvalue weighted by atomic mass is 10.0. The molecule has 2 aromatic rings. The lowest BCUT2D eigenvalue weighted by Gasteiger charge is -2.12. The van der Waals surface area contributed by atoms with Crippen molar-refractivity contribution >= 4 is 16.0 Å². The summed E-state index contributed by atoms with van der Waals surface area (Å²) >= 11 is 0. The minimum atomic E-state index is -3.72. The molecule has 6 nitrogen and oxygen atoms in total. The van der Waals surface area contributed by atoms with E-state index in [0.29, 0.717) is 0 Å². The quantitative estimate of drug-likeness (QED) is 0.836. The van der Waals surface area contributed by atoms with E-state index in [0.717, 1.165) is 22.4 Å². The van der Waals surface area contributed by atoms with Crippen molar-refractivity contribution in [1.82, 2.24) is 4.72 Å². The highest BCUT2D eigenvalue weighted by Crippen LogP contribution is 2.23. The molecule has 24 heavy (non-hydrogen) atoms. The summed E-state index contributed by atoms with van der Waals surface area (Å²) in [7, 11) is -2.13. The van der Waals surface area contributed by atoms with Gasteiger partial charge in [-0.25, -0.2) is 17.9 Å². The third-order valence-electron chi connectivity index (χ3n) is 3.72. The fraction of sp³-hybridized carbons (Fsp3) is 0.235. The van der Waals surface area contributed by atoms with E-state index in [1.807, 2.05) is 26.0 Å². The van der Waals surface area contributed by atoms with E-state index in [1.165, 1.54) is 24.3 Å². The maximum Gasteiger partial charge on any atom is 0.335 e. The standard InChI is InChI=1S/C17H19NO5S/c1-11-9-16(23-3)12(2)8-14(11)10-18-24(21,22)15-6-4-13(5-7-15)17(19)20/h4-9,18H,10H2,1-3H3,(H,19,20). The van der Waals surface area contributed by atoms with Crippen LogP contribution < -0.4 is 9.46 Å². The Bertz CT molecular complexity index is 857. The minimum Gasteiger partial charge on any atom is -0.496 e. The first-order chi connectivity index (χ1) is 11.2. The molecule has 0 atom stereocenters. The number of aromatic carboxylic acids is 1. The molecule has 0 heterocycles. The first-order valence-electron chi connectivity index (χ1n) is 7.21. The predicted octanol–water partition coefficient (Wildman–Crippen LogP) is 2.49. The summed E-state index contributed by atoms with van der Waals surface area (Å²) in [5, 5.41) is 8.85. The highest BCUT2D eigenvalue weighted by Gasteiger charge is 2.15. The van der Waals surface area contributed by atoms with Crippen LogP contribution in [0.15, 0.2) is 41.3 Å². The normalized spacial score (nSPS) is 11.3. The number of nitrogens with one attached hydrogen (secondary N) is 1. The van der Waals surface area contributed by atoms with Crippen LogP contribution in [0.25, 0.3) is 0 Å². The number of rotatable bonds is 6. The Balaban J connectivity index is 2.18. The topological polar surface area (TPSA) is 92.7 Å². The number of methoxy groups -OCH3 is 1. The monoisotopic (exact) mass is 349 g/mol.